The zero-order valence-corrected chi connectivity index (χ0v) is 16.9. The van der Waals surface area contributed by atoms with Crippen molar-refractivity contribution < 1.29 is 19.1 Å². The van der Waals surface area contributed by atoms with E-state index in [-0.39, 0.29) is 6.61 Å². The molecular weight excluding hydrogens is 378 g/mol. The van der Waals surface area contributed by atoms with Crippen molar-refractivity contribution in [3.63, 3.8) is 0 Å². The van der Waals surface area contributed by atoms with Gasteiger partial charge in [-0.3, -0.25) is 9.79 Å². The van der Waals surface area contributed by atoms with E-state index >= 15 is 0 Å². The third-order valence-electron chi connectivity index (χ3n) is 4.25. The minimum atomic E-state index is -0.602. The number of allylic oxidation sites excluding steroid dienone is 1. The van der Waals surface area contributed by atoms with Crippen LogP contribution in [0.2, 0.25) is 0 Å². The number of hydrogen-bond acceptors (Lipinski definition) is 8. The van der Waals surface area contributed by atoms with Gasteiger partial charge in [0.05, 0.1) is 12.2 Å². The molecule has 146 valence electrons. The van der Waals surface area contributed by atoms with Gasteiger partial charge in [0.15, 0.2) is 10.8 Å². The number of aromatic nitrogens is 1. The molecule has 0 saturated carbocycles. The number of thiazole rings is 1. The molecule has 0 saturated heterocycles. The number of carbonyl (C=O) groups excluding carboxylic acids is 2. The Bertz CT molecular complexity index is 964. The van der Waals surface area contributed by atoms with E-state index < -0.39 is 18.0 Å². The quantitative estimate of drug-likeness (QED) is 0.613. The molecule has 1 aromatic carbocycles. The summed E-state index contributed by atoms with van der Waals surface area (Å²) < 4.78 is 10.6. The summed E-state index contributed by atoms with van der Waals surface area (Å²) in [6, 6.07) is 4.76. The summed E-state index contributed by atoms with van der Waals surface area (Å²) >= 11 is 1.45. The minimum absolute atomic E-state index is 0.262. The van der Waals surface area contributed by atoms with Gasteiger partial charge in [-0.1, -0.05) is 12.1 Å². The molecule has 1 atom stereocenters. The molecule has 0 spiro atoms. The van der Waals surface area contributed by atoms with Crippen LogP contribution in [0, 0.1) is 6.92 Å². The lowest BCUT2D eigenvalue weighted by Gasteiger charge is -2.26. The van der Waals surface area contributed by atoms with Crippen molar-refractivity contribution in [2.24, 2.45) is 4.99 Å². The van der Waals surface area contributed by atoms with Crippen LogP contribution in [-0.2, 0) is 14.3 Å². The average Bonchev–Trinajstić information content (AvgIpc) is 3.17. The molecule has 28 heavy (non-hydrogen) atoms. The Morgan fingerprint density at radius 3 is 2.71 bits per heavy atom. The zero-order valence-electron chi connectivity index (χ0n) is 16.1. The van der Waals surface area contributed by atoms with Gasteiger partial charge < -0.3 is 14.8 Å². The number of nitrogens with one attached hydrogen (secondary N) is 1. The monoisotopic (exact) mass is 399 g/mol. The first-order valence-electron chi connectivity index (χ1n) is 8.82. The Labute approximate surface area is 167 Å². The third kappa shape index (κ3) is 3.96. The highest BCUT2D eigenvalue weighted by molar-refractivity contribution is 7.11. The Hall–Kier alpha value is -3.00. The number of esters is 2. The Morgan fingerprint density at radius 2 is 2.07 bits per heavy atom. The Balaban J connectivity index is 2.13. The van der Waals surface area contributed by atoms with Crippen LogP contribution in [0.15, 0.2) is 46.0 Å². The predicted octanol–water partition coefficient (Wildman–Crippen LogP) is 3.31. The van der Waals surface area contributed by atoms with E-state index in [1.807, 2.05) is 25.3 Å². The molecule has 2 aromatic rings. The van der Waals surface area contributed by atoms with Crippen molar-refractivity contribution in [2.45, 2.75) is 33.7 Å². The fourth-order valence-electron chi connectivity index (χ4n) is 3.02. The molecular formula is C20H21N3O4S. The molecule has 1 aromatic heterocycles. The standard InChI is InChI=1S/C20H21N3O4S/c1-5-26-20(25)16-12(3)22-18(19-21-9-10-28-19)23-17(16)14-7-6-8-15(11(14)2)27-13(4)24/h6-10,17H,5H2,1-4H3,(H,22,23). The van der Waals surface area contributed by atoms with E-state index in [0.717, 1.165) is 16.1 Å². The molecule has 0 amide bonds. The first-order valence-corrected chi connectivity index (χ1v) is 9.70. The topological polar surface area (TPSA) is 89.9 Å². The number of rotatable bonds is 5. The highest BCUT2D eigenvalue weighted by Gasteiger charge is 2.32. The first-order chi connectivity index (χ1) is 13.4. The number of hydrogen-bond donors (Lipinski definition) is 1. The third-order valence-corrected chi connectivity index (χ3v) is 5.03. The molecule has 1 aliphatic rings. The molecule has 0 aliphatic carbocycles. The highest BCUT2D eigenvalue weighted by Crippen LogP contribution is 2.36. The van der Waals surface area contributed by atoms with Gasteiger partial charge in [0, 0.05) is 24.2 Å². The maximum Gasteiger partial charge on any atom is 0.338 e. The summed E-state index contributed by atoms with van der Waals surface area (Å²) in [5, 5.41) is 5.75. The lowest BCUT2D eigenvalue weighted by molar-refractivity contribution is -0.139. The normalized spacial score (nSPS) is 16.3. The highest BCUT2D eigenvalue weighted by atomic mass is 32.1. The number of amidine groups is 1. The van der Waals surface area contributed by atoms with Crippen LogP contribution < -0.4 is 10.1 Å². The van der Waals surface area contributed by atoms with Gasteiger partial charge in [0.25, 0.3) is 0 Å². The number of carbonyl (C=O) groups is 2. The number of aliphatic imine (C=N–C) groups is 1. The van der Waals surface area contributed by atoms with Crippen LogP contribution in [0.5, 0.6) is 5.75 Å². The van der Waals surface area contributed by atoms with Crippen molar-refractivity contribution >= 4 is 29.1 Å². The number of benzene rings is 1. The summed E-state index contributed by atoms with van der Waals surface area (Å²) in [4.78, 5) is 33.2. The predicted molar refractivity (Wildman–Crippen MR) is 106 cm³/mol. The zero-order chi connectivity index (χ0) is 20.3. The second-order valence-corrected chi connectivity index (χ2v) is 7.06. The molecule has 1 unspecified atom stereocenters. The van der Waals surface area contributed by atoms with Gasteiger partial charge in [-0.2, -0.15) is 0 Å². The molecule has 8 heteroatoms. The van der Waals surface area contributed by atoms with E-state index in [2.05, 4.69) is 10.3 Å². The van der Waals surface area contributed by atoms with Gasteiger partial charge in [-0.05, 0) is 38.0 Å². The van der Waals surface area contributed by atoms with Crippen molar-refractivity contribution in [2.75, 3.05) is 6.61 Å². The summed E-state index contributed by atoms with van der Waals surface area (Å²) in [6.45, 7) is 7.02. The van der Waals surface area contributed by atoms with E-state index in [4.69, 9.17) is 14.5 Å². The summed E-state index contributed by atoms with van der Waals surface area (Å²) in [7, 11) is 0. The average molecular weight is 399 g/mol. The molecule has 7 nitrogen and oxygen atoms in total. The van der Waals surface area contributed by atoms with Crippen LogP contribution in [0.1, 0.15) is 42.9 Å². The fourth-order valence-corrected chi connectivity index (χ4v) is 3.60. The lowest BCUT2D eigenvalue weighted by atomic mass is 9.92. The first kappa shape index (κ1) is 19.8. The minimum Gasteiger partial charge on any atom is -0.463 e. The van der Waals surface area contributed by atoms with Crippen molar-refractivity contribution in [1.29, 1.82) is 0 Å². The van der Waals surface area contributed by atoms with E-state index in [1.165, 1.54) is 18.3 Å². The SMILES string of the molecule is CCOC(=O)C1=C(C)NC(c2nccs2)=NC1c1cccc(OC(C)=O)c1C. The van der Waals surface area contributed by atoms with Crippen molar-refractivity contribution in [3.05, 3.63) is 57.2 Å². The molecule has 1 aliphatic heterocycles. The van der Waals surface area contributed by atoms with Gasteiger partial charge in [-0.25, -0.2) is 9.78 Å². The molecule has 0 fully saturated rings. The van der Waals surface area contributed by atoms with Gasteiger partial charge in [0.2, 0.25) is 0 Å². The van der Waals surface area contributed by atoms with Gasteiger partial charge in [-0.15, -0.1) is 11.3 Å². The van der Waals surface area contributed by atoms with Crippen LogP contribution in [0.4, 0.5) is 0 Å². The maximum atomic E-state index is 12.7. The fraction of sp³-hybridized carbons (Fsp3) is 0.300. The molecule has 0 bridgehead atoms. The maximum absolute atomic E-state index is 12.7. The molecule has 1 N–H and O–H groups in total. The van der Waals surface area contributed by atoms with Crippen LogP contribution in [-0.4, -0.2) is 29.4 Å². The van der Waals surface area contributed by atoms with E-state index in [0.29, 0.717) is 22.9 Å². The smallest absolute Gasteiger partial charge is 0.338 e. The molecule has 2 heterocycles. The van der Waals surface area contributed by atoms with Crippen LogP contribution in [0.3, 0.4) is 0 Å². The summed E-state index contributed by atoms with van der Waals surface area (Å²) in [5.41, 5.74) is 2.57. The Kier molecular flexibility index (Phi) is 5.89. The summed E-state index contributed by atoms with van der Waals surface area (Å²) in [6.07, 6.45) is 1.70. The molecule has 0 radical (unpaired) electrons. The largest absolute Gasteiger partial charge is 0.463 e. The van der Waals surface area contributed by atoms with Crippen molar-refractivity contribution in [1.82, 2.24) is 10.3 Å². The summed E-state index contributed by atoms with van der Waals surface area (Å²) in [5.74, 6) is 0.185. The second-order valence-electron chi connectivity index (χ2n) is 6.17. The lowest BCUT2D eigenvalue weighted by Crippen LogP contribution is -2.33. The van der Waals surface area contributed by atoms with Gasteiger partial charge in [0.1, 0.15) is 11.8 Å². The molecule has 3 rings (SSSR count). The number of ether oxygens (including phenoxy) is 2. The van der Waals surface area contributed by atoms with Gasteiger partial charge >= 0.3 is 11.9 Å². The van der Waals surface area contributed by atoms with E-state index in [9.17, 15) is 9.59 Å². The van der Waals surface area contributed by atoms with Crippen molar-refractivity contribution in [3.8, 4) is 5.75 Å². The van der Waals surface area contributed by atoms with Crippen LogP contribution in [0.25, 0.3) is 0 Å². The van der Waals surface area contributed by atoms with Crippen LogP contribution >= 0.6 is 11.3 Å². The second kappa shape index (κ2) is 8.35. The van der Waals surface area contributed by atoms with E-state index in [1.54, 1.807) is 25.3 Å². The Morgan fingerprint density at radius 1 is 1.29 bits per heavy atom. The number of nitrogens with zero attached hydrogens (tertiary/aromatic N) is 2.